The molecule has 0 fully saturated rings. The van der Waals surface area contributed by atoms with Crippen molar-refractivity contribution in [1.82, 2.24) is 10.6 Å². The monoisotopic (exact) mass is 420 g/mol. The molecule has 0 saturated carbocycles. The average molecular weight is 421 g/mol. The first-order chi connectivity index (χ1) is 14.2. The van der Waals surface area contributed by atoms with Crippen molar-refractivity contribution >= 4 is 18.0 Å². The smallest absolute Gasteiger partial charge is 0.407 e. The molecule has 1 amide bonds. The van der Waals surface area contributed by atoms with Crippen molar-refractivity contribution in [1.29, 1.82) is 0 Å². The van der Waals surface area contributed by atoms with E-state index in [0.717, 1.165) is 5.56 Å². The molecular formula is C22H32N2O6. The molecule has 166 valence electrons. The third kappa shape index (κ3) is 12.6. The van der Waals surface area contributed by atoms with Crippen LogP contribution in [0.2, 0.25) is 0 Å². The number of hydrogen-bond acceptors (Lipinski definition) is 7. The van der Waals surface area contributed by atoms with Crippen molar-refractivity contribution in [3.8, 4) is 0 Å². The summed E-state index contributed by atoms with van der Waals surface area (Å²) < 4.78 is 15.4. The highest BCUT2D eigenvalue weighted by Gasteiger charge is 2.20. The molecule has 30 heavy (non-hydrogen) atoms. The SMILES string of the molecule is C=CCOC(=O)CNC[C@@H](CCC(=O)OCc1ccccc1)NC(=O)OC(C)(C)C. The Hall–Kier alpha value is -2.87. The maximum Gasteiger partial charge on any atom is 0.407 e. The maximum atomic E-state index is 12.1. The Balaban J connectivity index is 2.49. The first kappa shape index (κ1) is 25.2. The Morgan fingerprint density at radius 3 is 2.43 bits per heavy atom. The van der Waals surface area contributed by atoms with Crippen LogP contribution in [-0.4, -0.2) is 49.4 Å². The Morgan fingerprint density at radius 1 is 1.10 bits per heavy atom. The van der Waals surface area contributed by atoms with Crippen LogP contribution >= 0.6 is 0 Å². The molecule has 1 aromatic carbocycles. The number of esters is 2. The van der Waals surface area contributed by atoms with Gasteiger partial charge in [0, 0.05) is 19.0 Å². The Morgan fingerprint density at radius 2 is 1.80 bits per heavy atom. The van der Waals surface area contributed by atoms with Gasteiger partial charge in [-0.15, -0.1) is 0 Å². The van der Waals surface area contributed by atoms with E-state index < -0.39 is 23.7 Å². The van der Waals surface area contributed by atoms with Crippen LogP contribution in [0.1, 0.15) is 39.2 Å². The number of ether oxygens (including phenoxy) is 3. The molecule has 0 spiro atoms. The molecule has 1 aromatic rings. The molecule has 0 aromatic heterocycles. The molecule has 0 saturated heterocycles. The standard InChI is InChI=1S/C22H32N2O6/c1-5-13-28-20(26)15-23-14-18(24-21(27)30-22(2,3)4)11-12-19(25)29-16-17-9-7-6-8-10-17/h5-10,18,23H,1,11-16H2,2-4H3,(H,24,27)/t18-/m1/s1. The van der Waals surface area contributed by atoms with E-state index >= 15 is 0 Å². The van der Waals surface area contributed by atoms with Gasteiger partial charge in [0.1, 0.15) is 18.8 Å². The topological polar surface area (TPSA) is 103 Å². The molecule has 0 aliphatic heterocycles. The van der Waals surface area contributed by atoms with Crippen LogP contribution in [0, 0.1) is 0 Å². The average Bonchev–Trinajstić information content (AvgIpc) is 2.68. The zero-order chi connectivity index (χ0) is 22.4. The van der Waals surface area contributed by atoms with Crippen LogP contribution in [0.5, 0.6) is 0 Å². The van der Waals surface area contributed by atoms with E-state index in [9.17, 15) is 14.4 Å². The van der Waals surface area contributed by atoms with Crippen molar-refractivity contribution in [3.63, 3.8) is 0 Å². The predicted octanol–water partition coefficient (Wildman–Crippen LogP) is 2.72. The second-order valence-electron chi connectivity index (χ2n) is 7.63. The third-order valence-electron chi connectivity index (χ3n) is 3.68. The van der Waals surface area contributed by atoms with E-state index in [2.05, 4.69) is 17.2 Å². The van der Waals surface area contributed by atoms with Crippen LogP contribution in [0.15, 0.2) is 43.0 Å². The number of hydrogen-bond donors (Lipinski definition) is 2. The summed E-state index contributed by atoms with van der Waals surface area (Å²) in [4.78, 5) is 35.7. The lowest BCUT2D eigenvalue weighted by Crippen LogP contribution is -2.45. The number of benzene rings is 1. The van der Waals surface area contributed by atoms with Crippen molar-refractivity contribution in [2.24, 2.45) is 0 Å². The summed E-state index contributed by atoms with van der Waals surface area (Å²) in [7, 11) is 0. The fraction of sp³-hybridized carbons (Fsp3) is 0.500. The summed E-state index contributed by atoms with van der Waals surface area (Å²) in [6.07, 6.45) is 1.31. The summed E-state index contributed by atoms with van der Waals surface area (Å²) in [5.74, 6) is -0.812. The third-order valence-corrected chi connectivity index (χ3v) is 3.68. The van der Waals surface area contributed by atoms with Gasteiger partial charge >= 0.3 is 18.0 Å². The van der Waals surface area contributed by atoms with Crippen LogP contribution < -0.4 is 10.6 Å². The molecule has 8 heteroatoms. The van der Waals surface area contributed by atoms with E-state index in [-0.39, 0.29) is 38.7 Å². The van der Waals surface area contributed by atoms with Crippen LogP contribution in [0.3, 0.4) is 0 Å². The summed E-state index contributed by atoms with van der Waals surface area (Å²) in [6, 6.07) is 8.94. The van der Waals surface area contributed by atoms with Crippen molar-refractivity contribution in [3.05, 3.63) is 48.6 Å². The van der Waals surface area contributed by atoms with Crippen LogP contribution in [-0.2, 0) is 30.4 Å². The summed E-state index contributed by atoms with van der Waals surface area (Å²) in [5, 5.41) is 5.63. The molecule has 0 heterocycles. The molecule has 8 nitrogen and oxygen atoms in total. The second kappa shape index (κ2) is 13.4. The lowest BCUT2D eigenvalue weighted by molar-refractivity contribution is -0.145. The highest BCUT2D eigenvalue weighted by Crippen LogP contribution is 2.08. The highest BCUT2D eigenvalue weighted by atomic mass is 16.6. The Bertz CT molecular complexity index is 685. The van der Waals surface area contributed by atoms with Gasteiger partial charge in [-0.05, 0) is 32.8 Å². The lowest BCUT2D eigenvalue weighted by Gasteiger charge is -2.23. The van der Waals surface area contributed by atoms with Gasteiger partial charge in [-0.3, -0.25) is 9.59 Å². The predicted molar refractivity (Wildman–Crippen MR) is 113 cm³/mol. The molecule has 0 aliphatic carbocycles. The van der Waals surface area contributed by atoms with Gasteiger partial charge in [-0.2, -0.15) is 0 Å². The molecule has 1 rings (SSSR count). The maximum absolute atomic E-state index is 12.1. The fourth-order valence-electron chi connectivity index (χ4n) is 2.35. The minimum absolute atomic E-state index is 0.0290. The molecule has 1 atom stereocenters. The number of rotatable bonds is 12. The van der Waals surface area contributed by atoms with Crippen molar-refractivity contribution in [2.45, 2.75) is 51.9 Å². The van der Waals surface area contributed by atoms with Crippen molar-refractivity contribution in [2.75, 3.05) is 19.7 Å². The van der Waals surface area contributed by atoms with E-state index in [1.165, 1.54) is 6.08 Å². The van der Waals surface area contributed by atoms with E-state index in [0.29, 0.717) is 6.42 Å². The largest absolute Gasteiger partial charge is 0.461 e. The van der Waals surface area contributed by atoms with Crippen molar-refractivity contribution < 1.29 is 28.6 Å². The molecule has 0 unspecified atom stereocenters. The Labute approximate surface area is 178 Å². The van der Waals surface area contributed by atoms with Gasteiger partial charge in [0.2, 0.25) is 0 Å². The number of nitrogens with one attached hydrogen (secondary N) is 2. The summed E-state index contributed by atoms with van der Waals surface area (Å²) in [5.41, 5.74) is 0.250. The number of amides is 1. The van der Waals surface area contributed by atoms with E-state index in [1.54, 1.807) is 20.8 Å². The molecule has 0 radical (unpaired) electrons. The van der Waals surface area contributed by atoms with Gasteiger partial charge < -0.3 is 24.8 Å². The number of alkyl carbamates (subject to hydrolysis) is 1. The van der Waals surface area contributed by atoms with Gasteiger partial charge in [0.05, 0.1) is 6.54 Å². The molecular weight excluding hydrogens is 388 g/mol. The van der Waals surface area contributed by atoms with Gasteiger partial charge in [-0.25, -0.2) is 4.79 Å². The van der Waals surface area contributed by atoms with Crippen LogP contribution in [0.4, 0.5) is 4.79 Å². The Kier molecular flexibility index (Phi) is 11.2. The summed E-state index contributed by atoms with van der Waals surface area (Å²) in [6.45, 7) is 9.31. The minimum atomic E-state index is -0.648. The van der Waals surface area contributed by atoms with Gasteiger partial charge in [-0.1, -0.05) is 43.0 Å². The lowest BCUT2D eigenvalue weighted by atomic mass is 10.1. The van der Waals surface area contributed by atoms with Crippen LogP contribution in [0.25, 0.3) is 0 Å². The molecule has 0 aliphatic rings. The van der Waals surface area contributed by atoms with Gasteiger partial charge in [0.15, 0.2) is 0 Å². The normalized spacial score (nSPS) is 11.8. The fourth-order valence-corrected chi connectivity index (χ4v) is 2.35. The zero-order valence-electron chi connectivity index (χ0n) is 17.9. The number of carbonyl (C=O) groups is 3. The minimum Gasteiger partial charge on any atom is -0.461 e. The summed E-state index contributed by atoms with van der Waals surface area (Å²) >= 11 is 0. The highest BCUT2D eigenvalue weighted by molar-refractivity contribution is 5.72. The zero-order valence-corrected chi connectivity index (χ0v) is 17.9. The van der Waals surface area contributed by atoms with E-state index in [1.807, 2.05) is 30.3 Å². The quantitative estimate of drug-likeness (QED) is 0.304. The molecule has 2 N–H and O–H groups in total. The van der Waals surface area contributed by atoms with Gasteiger partial charge in [0.25, 0.3) is 0 Å². The van der Waals surface area contributed by atoms with E-state index in [4.69, 9.17) is 14.2 Å². The first-order valence-electron chi connectivity index (χ1n) is 9.86. The first-order valence-corrected chi connectivity index (χ1v) is 9.86. The molecule has 0 bridgehead atoms. The number of carbonyl (C=O) groups excluding carboxylic acids is 3. The second-order valence-corrected chi connectivity index (χ2v) is 7.63.